The van der Waals surface area contributed by atoms with Crippen molar-refractivity contribution in [2.75, 3.05) is 38.3 Å². The molecule has 1 heterocycles. The number of alkyl halides is 1. The Hall–Kier alpha value is 0.160. The molecule has 0 amide bonds. The van der Waals surface area contributed by atoms with E-state index < -0.39 is 10.0 Å². The molecule has 6 heteroatoms. The van der Waals surface area contributed by atoms with Crippen LogP contribution < -0.4 is 5.32 Å². The number of sulfonamides is 1. The molecule has 1 aliphatic rings. The summed E-state index contributed by atoms with van der Waals surface area (Å²) in [5.41, 5.74) is 0. The van der Waals surface area contributed by atoms with Crippen LogP contribution in [0.2, 0.25) is 0 Å². The van der Waals surface area contributed by atoms with Crippen LogP contribution in [-0.4, -0.2) is 51.0 Å². The van der Waals surface area contributed by atoms with Gasteiger partial charge in [-0.25, -0.2) is 12.7 Å². The van der Waals surface area contributed by atoms with Crippen molar-refractivity contribution in [2.45, 2.75) is 39.0 Å². The molecular weight excluding hydrogens is 296 g/mol. The molecule has 120 valence electrons. The van der Waals surface area contributed by atoms with Crippen molar-refractivity contribution in [3.05, 3.63) is 0 Å². The van der Waals surface area contributed by atoms with E-state index in [1.165, 1.54) is 19.1 Å². The highest BCUT2D eigenvalue weighted by Gasteiger charge is 2.25. The average Bonchev–Trinajstić information content (AvgIpc) is 2.38. The summed E-state index contributed by atoms with van der Waals surface area (Å²) in [6, 6.07) is 0. The molecule has 1 rings (SSSR count). The van der Waals surface area contributed by atoms with Gasteiger partial charge in [-0.3, -0.25) is 0 Å². The lowest BCUT2D eigenvalue weighted by atomic mass is 9.98. The van der Waals surface area contributed by atoms with Crippen molar-refractivity contribution in [1.82, 2.24) is 9.62 Å². The lowest BCUT2D eigenvalue weighted by molar-refractivity contribution is 0.257. The fraction of sp³-hybridized carbons (Fsp3) is 1.00. The third kappa shape index (κ3) is 6.74. The first-order valence-electron chi connectivity index (χ1n) is 7.69. The molecule has 0 radical (unpaired) electrons. The monoisotopic (exact) mass is 324 g/mol. The van der Waals surface area contributed by atoms with Crippen molar-refractivity contribution >= 4 is 21.6 Å². The van der Waals surface area contributed by atoms with E-state index >= 15 is 0 Å². The van der Waals surface area contributed by atoms with E-state index in [0.29, 0.717) is 24.9 Å². The molecular formula is C14H29ClN2O2S. The van der Waals surface area contributed by atoms with E-state index in [1.807, 2.05) is 0 Å². The van der Waals surface area contributed by atoms with Gasteiger partial charge in [0.05, 0.1) is 6.26 Å². The minimum absolute atomic E-state index is 0.441. The van der Waals surface area contributed by atoms with Gasteiger partial charge >= 0.3 is 0 Å². The van der Waals surface area contributed by atoms with Gasteiger partial charge in [0.1, 0.15) is 0 Å². The Morgan fingerprint density at radius 2 is 2.15 bits per heavy atom. The van der Waals surface area contributed by atoms with Gasteiger partial charge in [0, 0.05) is 19.0 Å². The van der Waals surface area contributed by atoms with Gasteiger partial charge in [-0.1, -0.05) is 13.3 Å². The van der Waals surface area contributed by atoms with Crippen LogP contribution in [-0.2, 0) is 10.0 Å². The van der Waals surface area contributed by atoms with Crippen LogP contribution in [0, 0.1) is 11.8 Å². The molecule has 0 aromatic rings. The molecule has 0 bridgehead atoms. The summed E-state index contributed by atoms with van der Waals surface area (Å²) in [5, 5.41) is 3.52. The van der Waals surface area contributed by atoms with Gasteiger partial charge < -0.3 is 5.32 Å². The summed E-state index contributed by atoms with van der Waals surface area (Å²) in [4.78, 5) is 0. The second kappa shape index (κ2) is 9.23. The van der Waals surface area contributed by atoms with E-state index in [9.17, 15) is 8.42 Å². The van der Waals surface area contributed by atoms with Crippen molar-refractivity contribution in [3.8, 4) is 0 Å². The van der Waals surface area contributed by atoms with Crippen LogP contribution in [0.4, 0.5) is 0 Å². The fourth-order valence-electron chi connectivity index (χ4n) is 2.90. The molecule has 1 saturated heterocycles. The molecule has 20 heavy (non-hydrogen) atoms. The van der Waals surface area contributed by atoms with Crippen molar-refractivity contribution in [1.29, 1.82) is 0 Å². The van der Waals surface area contributed by atoms with Crippen LogP contribution in [0.25, 0.3) is 0 Å². The lowest BCUT2D eigenvalue weighted by Gasteiger charge is -2.31. The van der Waals surface area contributed by atoms with Gasteiger partial charge in [-0.2, -0.15) is 0 Å². The Bertz CT molecular complexity index is 356. The second-order valence-electron chi connectivity index (χ2n) is 5.92. The van der Waals surface area contributed by atoms with Gasteiger partial charge in [0.2, 0.25) is 10.0 Å². The highest BCUT2D eigenvalue weighted by atomic mass is 35.5. The Kier molecular flexibility index (Phi) is 8.41. The Balaban J connectivity index is 2.30. The quantitative estimate of drug-likeness (QED) is 0.662. The number of hydrogen-bond acceptors (Lipinski definition) is 3. The van der Waals surface area contributed by atoms with Crippen molar-refractivity contribution in [3.63, 3.8) is 0 Å². The summed E-state index contributed by atoms with van der Waals surface area (Å²) in [5.74, 6) is 1.81. The first-order valence-corrected chi connectivity index (χ1v) is 10.1. The van der Waals surface area contributed by atoms with Gasteiger partial charge in [-0.15, -0.1) is 11.6 Å². The van der Waals surface area contributed by atoms with E-state index in [1.54, 1.807) is 4.31 Å². The number of halogens is 1. The Morgan fingerprint density at radius 1 is 1.40 bits per heavy atom. The number of piperidine rings is 1. The Labute approximate surface area is 129 Å². The largest absolute Gasteiger partial charge is 0.316 e. The molecule has 2 atom stereocenters. The summed E-state index contributed by atoms with van der Waals surface area (Å²) in [6.07, 6.45) is 6.85. The fourth-order valence-corrected chi connectivity index (χ4v) is 4.15. The molecule has 0 saturated carbocycles. The zero-order valence-electron chi connectivity index (χ0n) is 12.8. The zero-order chi connectivity index (χ0) is 15.0. The number of rotatable bonds is 9. The SMILES string of the molecule is CCCC(CCCl)CNCC1CCCN(S(C)(=O)=O)C1. The number of hydrogen-bond donors (Lipinski definition) is 1. The maximum Gasteiger partial charge on any atom is 0.211 e. The van der Waals surface area contributed by atoms with Crippen LogP contribution in [0.5, 0.6) is 0 Å². The van der Waals surface area contributed by atoms with Gasteiger partial charge in [0.15, 0.2) is 0 Å². The van der Waals surface area contributed by atoms with E-state index in [0.717, 1.165) is 38.2 Å². The summed E-state index contributed by atoms with van der Waals surface area (Å²) in [6.45, 7) is 5.45. The maximum atomic E-state index is 11.6. The average molecular weight is 325 g/mol. The lowest BCUT2D eigenvalue weighted by Crippen LogP contribution is -2.42. The molecule has 0 aliphatic carbocycles. The molecule has 4 nitrogen and oxygen atoms in total. The normalized spacial score (nSPS) is 22.9. The summed E-state index contributed by atoms with van der Waals surface area (Å²) >= 11 is 5.83. The highest BCUT2D eigenvalue weighted by Crippen LogP contribution is 2.18. The first-order chi connectivity index (χ1) is 9.47. The van der Waals surface area contributed by atoms with Crippen LogP contribution >= 0.6 is 11.6 Å². The molecule has 0 spiro atoms. The molecule has 1 N–H and O–H groups in total. The van der Waals surface area contributed by atoms with Gasteiger partial charge in [0.25, 0.3) is 0 Å². The molecule has 0 aromatic carbocycles. The minimum Gasteiger partial charge on any atom is -0.316 e. The molecule has 2 unspecified atom stereocenters. The molecule has 1 aliphatic heterocycles. The number of nitrogens with one attached hydrogen (secondary N) is 1. The first kappa shape index (κ1) is 18.2. The smallest absolute Gasteiger partial charge is 0.211 e. The molecule has 1 fully saturated rings. The third-order valence-electron chi connectivity index (χ3n) is 4.03. The minimum atomic E-state index is -3.03. The summed E-state index contributed by atoms with van der Waals surface area (Å²) in [7, 11) is -3.03. The summed E-state index contributed by atoms with van der Waals surface area (Å²) < 4.78 is 24.8. The standard InChI is InChI=1S/C14H29ClN2O2S/c1-3-5-13(7-8-15)10-16-11-14-6-4-9-17(12-14)20(2,18)19/h13-14,16H,3-12H2,1-2H3. The van der Waals surface area contributed by atoms with Crippen LogP contribution in [0.3, 0.4) is 0 Å². The number of nitrogens with zero attached hydrogens (tertiary/aromatic N) is 1. The highest BCUT2D eigenvalue weighted by molar-refractivity contribution is 7.88. The second-order valence-corrected chi connectivity index (χ2v) is 8.28. The van der Waals surface area contributed by atoms with Crippen molar-refractivity contribution < 1.29 is 8.42 Å². The van der Waals surface area contributed by atoms with Gasteiger partial charge in [-0.05, 0) is 50.6 Å². The molecule has 0 aromatic heterocycles. The maximum absolute atomic E-state index is 11.6. The predicted molar refractivity (Wildman–Crippen MR) is 85.7 cm³/mol. The van der Waals surface area contributed by atoms with E-state index in [-0.39, 0.29) is 0 Å². The van der Waals surface area contributed by atoms with E-state index in [4.69, 9.17) is 11.6 Å². The van der Waals surface area contributed by atoms with Crippen LogP contribution in [0.15, 0.2) is 0 Å². The third-order valence-corrected chi connectivity index (χ3v) is 5.52. The predicted octanol–water partition coefficient (Wildman–Crippen LogP) is 2.29. The van der Waals surface area contributed by atoms with E-state index in [2.05, 4.69) is 12.2 Å². The topological polar surface area (TPSA) is 49.4 Å². The van der Waals surface area contributed by atoms with Crippen molar-refractivity contribution in [2.24, 2.45) is 11.8 Å². The Morgan fingerprint density at radius 3 is 2.75 bits per heavy atom. The zero-order valence-corrected chi connectivity index (χ0v) is 14.3. The van der Waals surface area contributed by atoms with Crippen LogP contribution in [0.1, 0.15) is 39.0 Å².